The highest BCUT2D eigenvalue weighted by Crippen LogP contribution is 2.25. The SMILES string of the molecule is CNC(=O)O[C@H](C(O)CO)[C@@H]1OC(C(=O)O)=C[C@H](NC(=N)N)[C@H]1NC(C)=O. The number of aliphatic hydroxyl groups excluding tert-OH is 2. The summed E-state index contributed by atoms with van der Waals surface area (Å²) in [7, 11) is 1.25. The van der Waals surface area contributed by atoms with Gasteiger partial charge in [-0.05, 0) is 6.08 Å². The molecule has 1 aliphatic rings. The topological polar surface area (TPSA) is 216 Å². The van der Waals surface area contributed by atoms with Crippen LogP contribution in [0, 0.1) is 5.41 Å². The number of rotatable bonds is 7. The Morgan fingerprint density at radius 3 is 2.48 bits per heavy atom. The van der Waals surface area contributed by atoms with Crippen molar-refractivity contribution in [3.63, 3.8) is 0 Å². The molecule has 0 saturated carbocycles. The first-order valence-electron chi connectivity index (χ1n) is 7.77. The van der Waals surface area contributed by atoms with E-state index in [2.05, 4.69) is 16.0 Å². The van der Waals surface area contributed by atoms with Crippen molar-refractivity contribution in [2.24, 2.45) is 5.73 Å². The lowest BCUT2D eigenvalue weighted by Gasteiger charge is -2.41. The van der Waals surface area contributed by atoms with Crippen LogP contribution in [0.25, 0.3) is 0 Å². The van der Waals surface area contributed by atoms with Gasteiger partial charge in [-0.3, -0.25) is 10.2 Å². The van der Waals surface area contributed by atoms with Crippen LogP contribution in [0.4, 0.5) is 4.79 Å². The van der Waals surface area contributed by atoms with E-state index in [9.17, 15) is 29.7 Å². The summed E-state index contributed by atoms with van der Waals surface area (Å²) in [6.45, 7) is 0.334. The van der Waals surface area contributed by atoms with Gasteiger partial charge in [0.25, 0.3) is 0 Å². The monoisotopic (exact) mass is 389 g/mol. The molecule has 2 amide bonds. The predicted molar refractivity (Wildman–Crippen MR) is 89.5 cm³/mol. The largest absolute Gasteiger partial charge is 0.477 e. The second-order valence-electron chi connectivity index (χ2n) is 5.60. The van der Waals surface area contributed by atoms with Gasteiger partial charge in [-0.2, -0.15) is 0 Å². The number of carboxylic acid groups (broad SMARTS) is 1. The van der Waals surface area contributed by atoms with Gasteiger partial charge in [0.15, 0.2) is 18.2 Å². The van der Waals surface area contributed by atoms with E-state index in [0.29, 0.717) is 0 Å². The van der Waals surface area contributed by atoms with E-state index in [1.165, 1.54) is 14.0 Å². The Morgan fingerprint density at radius 1 is 1.41 bits per heavy atom. The van der Waals surface area contributed by atoms with Crippen LogP contribution in [-0.2, 0) is 19.1 Å². The molecular formula is C14H23N5O8. The van der Waals surface area contributed by atoms with E-state index in [-0.39, 0.29) is 0 Å². The third-order valence-corrected chi connectivity index (χ3v) is 3.58. The molecule has 0 spiro atoms. The smallest absolute Gasteiger partial charge is 0.407 e. The van der Waals surface area contributed by atoms with Crippen molar-refractivity contribution in [3.05, 3.63) is 11.8 Å². The van der Waals surface area contributed by atoms with E-state index < -0.39 is 66.7 Å². The highest BCUT2D eigenvalue weighted by Gasteiger charge is 2.46. The van der Waals surface area contributed by atoms with Crippen molar-refractivity contribution in [3.8, 4) is 0 Å². The van der Waals surface area contributed by atoms with Crippen LogP contribution in [0.3, 0.4) is 0 Å². The van der Waals surface area contributed by atoms with Crippen LogP contribution in [-0.4, -0.2) is 83.3 Å². The summed E-state index contributed by atoms with van der Waals surface area (Å²) in [6.07, 6.45) is -4.56. The molecule has 0 fully saturated rings. The van der Waals surface area contributed by atoms with Gasteiger partial charge < -0.3 is 46.5 Å². The Kier molecular flexibility index (Phi) is 7.80. The van der Waals surface area contributed by atoms with Crippen LogP contribution < -0.4 is 21.7 Å². The van der Waals surface area contributed by atoms with Gasteiger partial charge in [0.2, 0.25) is 11.7 Å². The summed E-state index contributed by atoms with van der Waals surface area (Å²) >= 11 is 0. The molecule has 0 radical (unpaired) electrons. The van der Waals surface area contributed by atoms with Gasteiger partial charge in [0, 0.05) is 14.0 Å². The molecule has 152 valence electrons. The molecule has 0 bridgehead atoms. The number of guanidine groups is 1. The zero-order valence-electron chi connectivity index (χ0n) is 14.6. The van der Waals surface area contributed by atoms with E-state index in [1.54, 1.807) is 0 Å². The van der Waals surface area contributed by atoms with Gasteiger partial charge in [-0.25, -0.2) is 9.59 Å². The second kappa shape index (κ2) is 9.59. The number of aliphatic carboxylic acids is 1. The van der Waals surface area contributed by atoms with Crippen LogP contribution in [0.2, 0.25) is 0 Å². The molecule has 27 heavy (non-hydrogen) atoms. The number of ether oxygens (including phenoxy) is 2. The molecule has 0 saturated heterocycles. The number of nitrogens with two attached hydrogens (primary N) is 1. The minimum Gasteiger partial charge on any atom is -0.477 e. The fourth-order valence-electron chi connectivity index (χ4n) is 2.49. The molecular weight excluding hydrogens is 366 g/mol. The molecule has 0 aromatic carbocycles. The lowest BCUT2D eigenvalue weighted by Crippen LogP contribution is -2.64. The summed E-state index contributed by atoms with van der Waals surface area (Å²) in [4.78, 5) is 34.6. The molecule has 1 heterocycles. The maximum absolute atomic E-state index is 11.6. The molecule has 0 aromatic heterocycles. The first-order valence-corrected chi connectivity index (χ1v) is 7.77. The maximum Gasteiger partial charge on any atom is 0.407 e. The summed E-state index contributed by atoms with van der Waals surface area (Å²) < 4.78 is 10.3. The molecule has 1 aliphatic heterocycles. The molecule has 1 unspecified atom stereocenters. The van der Waals surface area contributed by atoms with Gasteiger partial charge in [0.05, 0.1) is 18.7 Å². The summed E-state index contributed by atoms with van der Waals surface area (Å²) in [5.74, 6) is -3.14. The van der Waals surface area contributed by atoms with E-state index in [4.69, 9.17) is 20.6 Å². The number of hydrogen-bond donors (Lipinski definition) is 8. The zero-order chi connectivity index (χ0) is 20.7. The quantitative estimate of drug-likeness (QED) is 0.161. The van der Waals surface area contributed by atoms with Crippen LogP contribution in [0.5, 0.6) is 0 Å². The van der Waals surface area contributed by atoms with Crippen LogP contribution >= 0.6 is 0 Å². The summed E-state index contributed by atoms with van der Waals surface area (Å²) in [6, 6.07) is -2.15. The van der Waals surface area contributed by atoms with Crippen molar-refractivity contribution in [2.45, 2.75) is 37.3 Å². The normalized spacial score (nSPS) is 23.7. The van der Waals surface area contributed by atoms with Gasteiger partial charge in [-0.15, -0.1) is 0 Å². The maximum atomic E-state index is 11.6. The lowest BCUT2D eigenvalue weighted by molar-refractivity contribution is -0.146. The third kappa shape index (κ3) is 6.00. The summed E-state index contributed by atoms with van der Waals surface area (Å²) in [5, 5.41) is 43.0. The number of alkyl carbamates (subject to hydrolysis) is 1. The Bertz CT molecular complexity index is 625. The fourth-order valence-corrected chi connectivity index (χ4v) is 2.49. The Labute approximate surface area is 154 Å². The third-order valence-electron chi connectivity index (χ3n) is 3.58. The van der Waals surface area contributed by atoms with Crippen molar-refractivity contribution >= 4 is 23.9 Å². The minimum absolute atomic E-state index is 0.525. The number of hydrogen-bond acceptors (Lipinski definition) is 8. The predicted octanol–water partition coefficient (Wildman–Crippen LogP) is -3.21. The first-order chi connectivity index (χ1) is 12.6. The average Bonchev–Trinajstić information content (AvgIpc) is 2.59. The number of amides is 2. The van der Waals surface area contributed by atoms with Crippen molar-refractivity contribution in [1.29, 1.82) is 5.41 Å². The van der Waals surface area contributed by atoms with Crippen molar-refractivity contribution in [1.82, 2.24) is 16.0 Å². The van der Waals surface area contributed by atoms with E-state index >= 15 is 0 Å². The Morgan fingerprint density at radius 2 is 2.04 bits per heavy atom. The molecule has 5 atom stereocenters. The average molecular weight is 389 g/mol. The first kappa shape index (κ1) is 22.0. The van der Waals surface area contributed by atoms with Crippen LogP contribution in [0.1, 0.15) is 6.92 Å². The number of carbonyl (C=O) groups is 3. The van der Waals surface area contributed by atoms with Crippen LogP contribution in [0.15, 0.2) is 11.8 Å². The highest BCUT2D eigenvalue weighted by atomic mass is 16.6. The number of carbonyl (C=O) groups excluding carboxylic acids is 2. The fraction of sp³-hybridized carbons (Fsp3) is 0.571. The van der Waals surface area contributed by atoms with Crippen molar-refractivity contribution in [2.75, 3.05) is 13.7 Å². The molecule has 9 N–H and O–H groups in total. The lowest BCUT2D eigenvalue weighted by atomic mass is 9.92. The zero-order valence-corrected chi connectivity index (χ0v) is 14.6. The molecule has 13 nitrogen and oxygen atoms in total. The minimum atomic E-state index is -1.66. The number of aliphatic hydroxyl groups is 2. The van der Waals surface area contributed by atoms with Gasteiger partial charge >= 0.3 is 12.1 Å². The summed E-state index contributed by atoms with van der Waals surface area (Å²) in [5.41, 5.74) is 5.30. The van der Waals surface area contributed by atoms with Gasteiger partial charge in [-0.1, -0.05) is 0 Å². The molecule has 0 aliphatic carbocycles. The second-order valence-corrected chi connectivity index (χ2v) is 5.60. The van der Waals surface area contributed by atoms with E-state index in [0.717, 1.165) is 6.08 Å². The standard InChI is InChI=1S/C14H23N5O8/c1-5(21)18-9-6(19-13(15)16)3-8(12(23)24)26-11(9)10(7(22)4-20)27-14(25)17-2/h3,6-7,9-11,20,22H,4H2,1-2H3,(H,17,25)(H,18,21)(H,23,24)(H4,15,16,19)/t6-,7?,9+,10+,11+/m0/s1. The van der Waals surface area contributed by atoms with Crippen molar-refractivity contribution < 1.29 is 39.2 Å². The Balaban J connectivity index is 3.38. The molecule has 13 heteroatoms. The number of nitrogens with one attached hydrogen (secondary N) is 4. The highest BCUT2D eigenvalue weighted by molar-refractivity contribution is 5.85. The molecule has 1 rings (SSSR count). The Hall–Kier alpha value is -3.06. The molecule has 0 aromatic rings. The van der Waals surface area contributed by atoms with Gasteiger partial charge in [0.1, 0.15) is 6.10 Å². The number of carboxylic acids is 1. The van der Waals surface area contributed by atoms with E-state index in [1.807, 2.05) is 0 Å².